The van der Waals surface area contributed by atoms with Crippen molar-refractivity contribution in [2.24, 2.45) is 0 Å². The number of para-hydroxylation sites is 1. The van der Waals surface area contributed by atoms with Crippen LogP contribution in [-0.2, 0) is 0 Å². The smallest absolute Gasteiger partial charge is 0.346 e. The lowest BCUT2D eigenvalue weighted by molar-refractivity contribution is 0.251. The van der Waals surface area contributed by atoms with E-state index in [1.165, 1.54) is 6.20 Å². The molecule has 0 saturated carbocycles. The highest BCUT2D eigenvalue weighted by Gasteiger charge is 2.05. The van der Waals surface area contributed by atoms with Gasteiger partial charge in [-0.2, -0.15) is 4.68 Å². The minimum Gasteiger partial charge on any atom is -0.382 e. The fourth-order valence-electron chi connectivity index (χ4n) is 1.15. The van der Waals surface area contributed by atoms with Gasteiger partial charge in [0.15, 0.2) is 0 Å². The van der Waals surface area contributed by atoms with E-state index in [0.29, 0.717) is 5.82 Å². The van der Waals surface area contributed by atoms with Gasteiger partial charge in [0.1, 0.15) is 5.82 Å². The van der Waals surface area contributed by atoms with Gasteiger partial charge in [0, 0.05) is 18.0 Å². The Morgan fingerprint density at radius 1 is 1.27 bits per heavy atom. The van der Waals surface area contributed by atoms with Crippen LogP contribution in [0.15, 0.2) is 42.6 Å². The Labute approximate surface area is 86.5 Å². The second kappa shape index (κ2) is 3.83. The summed E-state index contributed by atoms with van der Waals surface area (Å²) < 4.78 is 1.16. The second-order valence-corrected chi connectivity index (χ2v) is 2.98. The molecular formula is C10H10N4O. The van der Waals surface area contributed by atoms with Crippen LogP contribution in [0.4, 0.5) is 16.3 Å². The molecular weight excluding hydrogens is 192 g/mol. The van der Waals surface area contributed by atoms with Gasteiger partial charge < -0.3 is 11.1 Å². The Balaban J connectivity index is 2.11. The van der Waals surface area contributed by atoms with E-state index in [0.717, 1.165) is 10.4 Å². The summed E-state index contributed by atoms with van der Waals surface area (Å²) in [7, 11) is 0. The van der Waals surface area contributed by atoms with Crippen molar-refractivity contribution in [1.82, 2.24) is 9.78 Å². The molecule has 15 heavy (non-hydrogen) atoms. The van der Waals surface area contributed by atoms with E-state index in [4.69, 9.17) is 5.73 Å². The topological polar surface area (TPSA) is 72.9 Å². The van der Waals surface area contributed by atoms with Crippen molar-refractivity contribution in [2.75, 3.05) is 11.1 Å². The molecule has 1 aromatic heterocycles. The highest BCUT2D eigenvalue weighted by Crippen LogP contribution is 2.05. The highest BCUT2D eigenvalue weighted by molar-refractivity contribution is 5.90. The number of nitrogen functional groups attached to an aromatic ring is 1. The number of amides is 1. The number of hydrogen-bond donors (Lipinski definition) is 2. The van der Waals surface area contributed by atoms with Gasteiger partial charge in [-0.3, -0.25) is 0 Å². The molecule has 3 N–H and O–H groups in total. The quantitative estimate of drug-likeness (QED) is 0.736. The van der Waals surface area contributed by atoms with Crippen molar-refractivity contribution in [3.63, 3.8) is 0 Å². The number of benzene rings is 1. The first-order valence-electron chi connectivity index (χ1n) is 4.43. The molecule has 0 saturated heterocycles. The van der Waals surface area contributed by atoms with Gasteiger partial charge >= 0.3 is 6.03 Å². The average Bonchev–Trinajstić information content (AvgIpc) is 2.66. The second-order valence-electron chi connectivity index (χ2n) is 2.98. The average molecular weight is 202 g/mol. The van der Waals surface area contributed by atoms with Crippen molar-refractivity contribution in [1.29, 1.82) is 0 Å². The first-order valence-corrected chi connectivity index (χ1v) is 4.43. The number of nitrogens with zero attached hydrogens (tertiary/aromatic N) is 2. The molecule has 1 aromatic carbocycles. The third kappa shape index (κ3) is 2.14. The van der Waals surface area contributed by atoms with Crippen molar-refractivity contribution in [3.8, 4) is 0 Å². The molecule has 0 spiro atoms. The summed E-state index contributed by atoms with van der Waals surface area (Å²) >= 11 is 0. The number of carbonyl (C=O) groups excluding carboxylic acids is 1. The number of aromatic nitrogens is 2. The largest absolute Gasteiger partial charge is 0.382 e. The zero-order chi connectivity index (χ0) is 10.7. The maximum absolute atomic E-state index is 11.6. The van der Waals surface area contributed by atoms with Crippen LogP contribution < -0.4 is 11.1 Å². The molecule has 76 valence electrons. The molecule has 5 nitrogen and oxygen atoms in total. The van der Waals surface area contributed by atoms with Crippen LogP contribution in [0, 0.1) is 0 Å². The third-order valence-electron chi connectivity index (χ3n) is 1.84. The Morgan fingerprint density at radius 2 is 2.00 bits per heavy atom. The zero-order valence-electron chi connectivity index (χ0n) is 7.92. The molecule has 0 aliphatic rings. The van der Waals surface area contributed by atoms with Gasteiger partial charge in [-0.25, -0.2) is 4.79 Å². The molecule has 0 aliphatic carbocycles. The lowest BCUT2D eigenvalue weighted by atomic mass is 10.3. The minimum atomic E-state index is -0.335. The molecule has 5 heteroatoms. The van der Waals surface area contributed by atoms with E-state index in [-0.39, 0.29) is 6.03 Å². The Hall–Kier alpha value is -2.30. The van der Waals surface area contributed by atoms with E-state index in [9.17, 15) is 4.79 Å². The molecule has 0 atom stereocenters. The Kier molecular flexibility index (Phi) is 2.37. The minimum absolute atomic E-state index is 0.318. The number of carbonyl (C=O) groups is 1. The van der Waals surface area contributed by atoms with E-state index in [1.807, 2.05) is 18.2 Å². The summed E-state index contributed by atoms with van der Waals surface area (Å²) in [5.74, 6) is 0.318. The predicted octanol–water partition coefficient (Wildman–Crippen LogP) is 1.55. The standard InChI is InChI=1S/C10H10N4O/c11-9-6-7-14(13-9)10(15)12-8-4-2-1-3-5-8/h1-7H,(H2,11,13)(H,12,15). The Bertz CT molecular complexity index is 463. The molecule has 1 heterocycles. The molecule has 0 bridgehead atoms. The molecule has 1 amide bonds. The Morgan fingerprint density at radius 3 is 2.60 bits per heavy atom. The van der Waals surface area contributed by atoms with Crippen LogP contribution in [0.2, 0.25) is 0 Å². The SMILES string of the molecule is Nc1ccn(C(=O)Nc2ccccc2)n1. The summed E-state index contributed by atoms with van der Waals surface area (Å²) in [4.78, 5) is 11.6. The predicted molar refractivity (Wildman–Crippen MR) is 57.5 cm³/mol. The van der Waals surface area contributed by atoms with Gasteiger partial charge in [0.2, 0.25) is 0 Å². The molecule has 0 fully saturated rings. The number of nitrogens with two attached hydrogens (primary N) is 1. The first-order chi connectivity index (χ1) is 7.25. The van der Waals surface area contributed by atoms with Gasteiger partial charge in [-0.15, -0.1) is 5.10 Å². The van der Waals surface area contributed by atoms with E-state index in [2.05, 4.69) is 10.4 Å². The summed E-state index contributed by atoms with van der Waals surface area (Å²) in [5, 5.41) is 6.47. The van der Waals surface area contributed by atoms with Crippen molar-refractivity contribution in [2.45, 2.75) is 0 Å². The summed E-state index contributed by atoms with van der Waals surface area (Å²) in [5.41, 5.74) is 6.12. The number of rotatable bonds is 1. The molecule has 0 aliphatic heterocycles. The van der Waals surface area contributed by atoms with Crippen molar-refractivity contribution >= 4 is 17.5 Å². The van der Waals surface area contributed by atoms with Crippen molar-refractivity contribution in [3.05, 3.63) is 42.6 Å². The highest BCUT2D eigenvalue weighted by atomic mass is 16.2. The number of nitrogens with one attached hydrogen (secondary N) is 1. The number of hydrogen-bond acceptors (Lipinski definition) is 3. The summed E-state index contributed by atoms with van der Waals surface area (Å²) in [6, 6.07) is 10.4. The van der Waals surface area contributed by atoms with Gasteiger partial charge in [0.25, 0.3) is 0 Å². The lowest BCUT2D eigenvalue weighted by Crippen LogP contribution is -2.19. The molecule has 2 aromatic rings. The normalized spacial score (nSPS) is 9.87. The van der Waals surface area contributed by atoms with Gasteiger partial charge in [-0.05, 0) is 12.1 Å². The van der Waals surface area contributed by atoms with Gasteiger partial charge in [0.05, 0.1) is 0 Å². The molecule has 2 rings (SSSR count). The van der Waals surface area contributed by atoms with Crippen LogP contribution in [0.1, 0.15) is 0 Å². The fraction of sp³-hybridized carbons (Fsp3) is 0. The van der Waals surface area contributed by atoms with E-state index >= 15 is 0 Å². The van der Waals surface area contributed by atoms with E-state index < -0.39 is 0 Å². The van der Waals surface area contributed by atoms with Gasteiger partial charge in [-0.1, -0.05) is 18.2 Å². The first kappa shape index (κ1) is 9.26. The van der Waals surface area contributed by atoms with Crippen LogP contribution in [0.5, 0.6) is 0 Å². The van der Waals surface area contributed by atoms with Crippen LogP contribution >= 0.6 is 0 Å². The number of anilines is 2. The monoisotopic (exact) mass is 202 g/mol. The summed E-state index contributed by atoms with van der Waals surface area (Å²) in [6.07, 6.45) is 1.51. The van der Waals surface area contributed by atoms with Crippen LogP contribution in [0.25, 0.3) is 0 Å². The van der Waals surface area contributed by atoms with Crippen LogP contribution in [-0.4, -0.2) is 15.8 Å². The third-order valence-corrected chi connectivity index (χ3v) is 1.84. The molecule has 0 radical (unpaired) electrons. The van der Waals surface area contributed by atoms with Crippen LogP contribution in [0.3, 0.4) is 0 Å². The molecule has 0 unspecified atom stereocenters. The fourth-order valence-corrected chi connectivity index (χ4v) is 1.15. The van der Waals surface area contributed by atoms with Crippen molar-refractivity contribution < 1.29 is 4.79 Å². The maximum Gasteiger partial charge on any atom is 0.346 e. The lowest BCUT2D eigenvalue weighted by Gasteiger charge is -2.03. The maximum atomic E-state index is 11.6. The summed E-state index contributed by atoms with van der Waals surface area (Å²) in [6.45, 7) is 0. The zero-order valence-corrected chi connectivity index (χ0v) is 7.92. The van der Waals surface area contributed by atoms with E-state index in [1.54, 1.807) is 18.2 Å².